The molecule has 0 aliphatic heterocycles. The lowest BCUT2D eigenvalue weighted by Gasteiger charge is -2.08. The van der Waals surface area contributed by atoms with E-state index in [1.165, 1.54) is 43.5 Å². The van der Waals surface area contributed by atoms with E-state index in [4.69, 9.17) is 9.84 Å². The van der Waals surface area contributed by atoms with Crippen LogP contribution in [0.3, 0.4) is 0 Å². The lowest BCUT2D eigenvalue weighted by molar-refractivity contribution is -0.112. The topological polar surface area (TPSA) is 120 Å². The standard InChI is InChI=1S/C18H14N2O5/c1-25-16-7-6-11(9-15(16)21)8-12(10-19)17(22)20-14-5-3-2-4-13(14)18(23)24/h2-9,21H,1H3,(H,20,22)(H,23,24)/b12-8+. The zero-order chi connectivity index (χ0) is 18.4. The van der Waals surface area contributed by atoms with Crippen LogP contribution in [0.15, 0.2) is 48.0 Å². The quantitative estimate of drug-likeness (QED) is 0.569. The van der Waals surface area contributed by atoms with E-state index in [2.05, 4.69) is 5.32 Å². The third kappa shape index (κ3) is 4.14. The van der Waals surface area contributed by atoms with Gasteiger partial charge in [0.2, 0.25) is 0 Å². The number of aromatic carboxylic acids is 1. The van der Waals surface area contributed by atoms with Crippen molar-refractivity contribution in [3.63, 3.8) is 0 Å². The van der Waals surface area contributed by atoms with Gasteiger partial charge in [-0.1, -0.05) is 18.2 Å². The van der Waals surface area contributed by atoms with Crippen LogP contribution >= 0.6 is 0 Å². The van der Waals surface area contributed by atoms with Gasteiger partial charge in [0.05, 0.1) is 18.4 Å². The van der Waals surface area contributed by atoms with Crippen LogP contribution in [0.2, 0.25) is 0 Å². The number of nitrogens with zero attached hydrogens (tertiary/aromatic N) is 1. The lowest BCUT2D eigenvalue weighted by atomic mass is 10.1. The molecular formula is C18H14N2O5. The van der Waals surface area contributed by atoms with Crippen molar-refractivity contribution in [2.24, 2.45) is 0 Å². The van der Waals surface area contributed by atoms with Crippen LogP contribution in [0.4, 0.5) is 5.69 Å². The Kier molecular flexibility index (Phi) is 5.38. The molecule has 0 saturated heterocycles. The first-order valence-electron chi connectivity index (χ1n) is 7.08. The van der Waals surface area contributed by atoms with Crippen LogP contribution < -0.4 is 10.1 Å². The highest BCUT2D eigenvalue weighted by Crippen LogP contribution is 2.27. The number of phenols is 1. The van der Waals surface area contributed by atoms with Gasteiger partial charge < -0.3 is 20.3 Å². The summed E-state index contributed by atoms with van der Waals surface area (Å²) in [7, 11) is 1.40. The van der Waals surface area contributed by atoms with E-state index in [9.17, 15) is 20.0 Å². The molecule has 0 saturated carbocycles. The first-order chi connectivity index (χ1) is 12.0. The van der Waals surface area contributed by atoms with Gasteiger partial charge in [-0.25, -0.2) is 4.79 Å². The number of methoxy groups -OCH3 is 1. The van der Waals surface area contributed by atoms with Crippen LogP contribution in [-0.4, -0.2) is 29.2 Å². The number of aromatic hydroxyl groups is 1. The Balaban J connectivity index is 2.29. The maximum atomic E-state index is 12.2. The number of ether oxygens (including phenoxy) is 1. The van der Waals surface area contributed by atoms with Crippen molar-refractivity contribution in [2.75, 3.05) is 12.4 Å². The Hall–Kier alpha value is -3.79. The number of phenolic OH excluding ortho intramolecular Hbond substituents is 1. The minimum atomic E-state index is -1.20. The molecule has 0 spiro atoms. The molecule has 25 heavy (non-hydrogen) atoms. The van der Waals surface area contributed by atoms with Gasteiger partial charge in [-0.2, -0.15) is 5.26 Å². The van der Waals surface area contributed by atoms with Crippen molar-refractivity contribution in [3.8, 4) is 17.6 Å². The highest BCUT2D eigenvalue weighted by molar-refractivity contribution is 6.11. The Morgan fingerprint density at radius 3 is 2.56 bits per heavy atom. The maximum absolute atomic E-state index is 12.2. The van der Waals surface area contributed by atoms with Crippen LogP contribution in [0.1, 0.15) is 15.9 Å². The molecule has 0 fully saturated rings. The van der Waals surface area contributed by atoms with Gasteiger partial charge >= 0.3 is 5.97 Å². The summed E-state index contributed by atoms with van der Waals surface area (Å²) in [5.74, 6) is -1.83. The summed E-state index contributed by atoms with van der Waals surface area (Å²) >= 11 is 0. The first-order valence-corrected chi connectivity index (χ1v) is 7.08. The molecule has 1 amide bonds. The van der Waals surface area contributed by atoms with Crippen LogP contribution in [0.5, 0.6) is 11.5 Å². The molecule has 0 bridgehead atoms. The molecule has 2 rings (SSSR count). The lowest BCUT2D eigenvalue weighted by Crippen LogP contribution is -2.16. The van der Waals surface area contributed by atoms with Crippen molar-refractivity contribution in [2.45, 2.75) is 0 Å². The Labute approximate surface area is 143 Å². The summed E-state index contributed by atoms with van der Waals surface area (Å²) in [6.45, 7) is 0. The molecule has 126 valence electrons. The molecule has 0 unspecified atom stereocenters. The molecule has 2 aromatic carbocycles. The fourth-order valence-electron chi connectivity index (χ4n) is 2.08. The predicted molar refractivity (Wildman–Crippen MR) is 90.3 cm³/mol. The highest BCUT2D eigenvalue weighted by Gasteiger charge is 2.15. The highest BCUT2D eigenvalue weighted by atomic mass is 16.5. The van der Waals surface area contributed by atoms with Crippen LogP contribution in [-0.2, 0) is 4.79 Å². The van der Waals surface area contributed by atoms with Crippen LogP contribution in [0.25, 0.3) is 6.08 Å². The smallest absolute Gasteiger partial charge is 0.337 e. The SMILES string of the molecule is COc1ccc(/C=C(\C#N)C(=O)Nc2ccccc2C(=O)O)cc1O. The van der Waals surface area contributed by atoms with Crippen LogP contribution in [0, 0.1) is 11.3 Å². The van der Waals surface area contributed by atoms with E-state index in [0.29, 0.717) is 5.56 Å². The second-order valence-electron chi connectivity index (χ2n) is 4.91. The monoisotopic (exact) mass is 338 g/mol. The van der Waals surface area contributed by atoms with Gasteiger partial charge in [0, 0.05) is 0 Å². The summed E-state index contributed by atoms with van der Waals surface area (Å²) in [6, 6.07) is 12.0. The maximum Gasteiger partial charge on any atom is 0.337 e. The number of para-hydroxylation sites is 1. The van der Waals surface area contributed by atoms with Crippen molar-refractivity contribution >= 4 is 23.6 Å². The molecule has 0 heterocycles. The summed E-state index contributed by atoms with van der Waals surface area (Å²) in [5.41, 5.74) is 0.162. The molecule has 7 heteroatoms. The van der Waals surface area contributed by atoms with E-state index >= 15 is 0 Å². The molecule has 2 aromatic rings. The number of amides is 1. The second kappa shape index (κ2) is 7.66. The Morgan fingerprint density at radius 2 is 1.96 bits per heavy atom. The molecule has 0 aliphatic carbocycles. The summed E-state index contributed by atoms with van der Waals surface area (Å²) in [4.78, 5) is 23.4. The average molecular weight is 338 g/mol. The zero-order valence-corrected chi connectivity index (χ0v) is 13.2. The van der Waals surface area contributed by atoms with Gasteiger partial charge in [0.25, 0.3) is 5.91 Å². The number of anilines is 1. The molecular weight excluding hydrogens is 324 g/mol. The van der Waals surface area contributed by atoms with Crippen molar-refractivity contribution < 1.29 is 24.5 Å². The third-order valence-corrected chi connectivity index (χ3v) is 3.28. The first kappa shape index (κ1) is 17.6. The number of hydrogen-bond acceptors (Lipinski definition) is 5. The van der Waals surface area contributed by atoms with E-state index in [1.54, 1.807) is 18.2 Å². The van der Waals surface area contributed by atoms with E-state index < -0.39 is 11.9 Å². The number of carbonyl (C=O) groups excluding carboxylic acids is 1. The fraction of sp³-hybridized carbons (Fsp3) is 0.0556. The number of nitrogens with one attached hydrogen (secondary N) is 1. The molecule has 0 radical (unpaired) electrons. The molecule has 0 aliphatic rings. The molecule has 7 nitrogen and oxygen atoms in total. The van der Waals surface area contributed by atoms with Crippen molar-refractivity contribution in [1.82, 2.24) is 0 Å². The van der Waals surface area contributed by atoms with Gasteiger partial charge in [0.15, 0.2) is 11.5 Å². The van der Waals surface area contributed by atoms with Gasteiger partial charge in [-0.3, -0.25) is 4.79 Å². The minimum Gasteiger partial charge on any atom is -0.504 e. The van der Waals surface area contributed by atoms with Gasteiger partial charge in [-0.15, -0.1) is 0 Å². The number of rotatable bonds is 5. The largest absolute Gasteiger partial charge is 0.504 e. The minimum absolute atomic E-state index is 0.0822. The van der Waals surface area contributed by atoms with Crippen molar-refractivity contribution in [1.29, 1.82) is 5.26 Å². The number of hydrogen-bond donors (Lipinski definition) is 3. The second-order valence-corrected chi connectivity index (χ2v) is 4.91. The van der Waals surface area contributed by atoms with E-state index in [0.717, 1.165) is 0 Å². The molecule has 0 atom stereocenters. The summed E-state index contributed by atoms with van der Waals surface area (Å²) in [5, 5.41) is 30.5. The average Bonchev–Trinajstić information content (AvgIpc) is 2.60. The van der Waals surface area contributed by atoms with Gasteiger partial charge in [-0.05, 0) is 35.9 Å². The Morgan fingerprint density at radius 1 is 1.24 bits per heavy atom. The number of carboxylic acids is 1. The summed E-state index contributed by atoms with van der Waals surface area (Å²) < 4.78 is 4.92. The normalized spacial score (nSPS) is 10.6. The number of nitriles is 1. The van der Waals surface area contributed by atoms with E-state index in [-0.39, 0.29) is 28.3 Å². The number of carbonyl (C=O) groups is 2. The summed E-state index contributed by atoms with van der Waals surface area (Å²) in [6.07, 6.45) is 1.28. The molecule has 3 N–H and O–H groups in total. The molecule has 0 aromatic heterocycles. The third-order valence-electron chi connectivity index (χ3n) is 3.28. The predicted octanol–water partition coefficient (Wildman–Crippen LogP) is 2.64. The number of carboxylic acid groups (broad SMARTS) is 1. The van der Waals surface area contributed by atoms with Gasteiger partial charge in [0.1, 0.15) is 11.6 Å². The van der Waals surface area contributed by atoms with Crippen molar-refractivity contribution in [3.05, 3.63) is 59.2 Å². The fourth-order valence-corrected chi connectivity index (χ4v) is 2.08. The Bertz CT molecular complexity index is 897. The number of benzene rings is 2. The zero-order valence-electron chi connectivity index (χ0n) is 13.2. The van der Waals surface area contributed by atoms with E-state index in [1.807, 2.05) is 0 Å².